The SMILES string of the molecule is CCCCCC/C=C\C/C=C\CCCCCCCC(=O)OC(COC(=O)CCCCCCCCCCCCC/C=C\CCCCCCCCCC)COC(=O)CCCCCCCCCCCCCCCC. The molecule has 0 aliphatic heterocycles. The molecule has 416 valence electrons. The highest BCUT2D eigenvalue weighted by Gasteiger charge is 2.19. The Hall–Kier alpha value is -2.37. The van der Waals surface area contributed by atoms with Gasteiger partial charge in [0.15, 0.2) is 6.10 Å². The van der Waals surface area contributed by atoms with Crippen molar-refractivity contribution in [1.82, 2.24) is 0 Å². The Balaban J connectivity index is 4.29. The molecule has 6 nitrogen and oxygen atoms in total. The number of hydrogen-bond donors (Lipinski definition) is 0. The Kier molecular flexibility index (Phi) is 58.2. The van der Waals surface area contributed by atoms with E-state index < -0.39 is 6.10 Å². The average Bonchev–Trinajstić information content (AvgIpc) is 3.37. The first kappa shape index (κ1) is 68.6. The second kappa shape index (κ2) is 60.2. The molecule has 0 aliphatic rings. The van der Waals surface area contributed by atoms with Gasteiger partial charge in [-0.1, -0.05) is 282 Å². The molecule has 0 fully saturated rings. The number of unbranched alkanes of at least 4 members (excludes halogenated alkanes) is 41. The van der Waals surface area contributed by atoms with Crippen molar-refractivity contribution in [1.29, 1.82) is 0 Å². The van der Waals surface area contributed by atoms with E-state index in [4.69, 9.17) is 14.2 Å². The minimum atomic E-state index is -0.777. The Morgan fingerprint density at radius 3 is 0.803 bits per heavy atom. The second-order valence-electron chi connectivity index (χ2n) is 21.3. The summed E-state index contributed by atoms with van der Waals surface area (Å²) in [6.07, 6.45) is 72.9. The lowest BCUT2D eigenvalue weighted by Gasteiger charge is -2.18. The van der Waals surface area contributed by atoms with Crippen molar-refractivity contribution in [3.63, 3.8) is 0 Å². The molecule has 0 heterocycles. The third-order valence-corrected chi connectivity index (χ3v) is 14.1. The predicted molar refractivity (Wildman–Crippen MR) is 307 cm³/mol. The smallest absolute Gasteiger partial charge is 0.306 e. The van der Waals surface area contributed by atoms with Gasteiger partial charge >= 0.3 is 17.9 Å². The highest BCUT2D eigenvalue weighted by atomic mass is 16.6. The minimum absolute atomic E-state index is 0.0739. The van der Waals surface area contributed by atoms with Gasteiger partial charge in [0.1, 0.15) is 13.2 Å². The van der Waals surface area contributed by atoms with E-state index in [1.165, 1.54) is 218 Å². The summed E-state index contributed by atoms with van der Waals surface area (Å²) >= 11 is 0. The number of allylic oxidation sites excluding steroid dienone is 6. The molecule has 0 saturated heterocycles. The molecule has 0 rings (SSSR count). The summed E-state index contributed by atoms with van der Waals surface area (Å²) in [6.45, 7) is 6.66. The van der Waals surface area contributed by atoms with Crippen LogP contribution in [-0.4, -0.2) is 37.2 Å². The fraction of sp³-hybridized carbons (Fsp3) is 0.862. The van der Waals surface area contributed by atoms with Gasteiger partial charge in [-0.05, 0) is 77.0 Å². The van der Waals surface area contributed by atoms with Crippen LogP contribution in [0.3, 0.4) is 0 Å². The number of carbonyl (C=O) groups excluding carboxylic acids is 3. The first-order valence-corrected chi connectivity index (χ1v) is 31.5. The van der Waals surface area contributed by atoms with Crippen molar-refractivity contribution in [3.8, 4) is 0 Å². The summed E-state index contributed by atoms with van der Waals surface area (Å²) in [6, 6.07) is 0. The van der Waals surface area contributed by atoms with E-state index in [0.29, 0.717) is 19.3 Å². The average molecular weight is 998 g/mol. The Morgan fingerprint density at radius 2 is 0.507 bits per heavy atom. The quantitative estimate of drug-likeness (QED) is 0.0261. The van der Waals surface area contributed by atoms with Crippen LogP contribution in [0, 0.1) is 0 Å². The first-order valence-electron chi connectivity index (χ1n) is 31.5. The van der Waals surface area contributed by atoms with E-state index >= 15 is 0 Å². The topological polar surface area (TPSA) is 78.9 Å². The van der Waals surface area contributed by atoms with Gasteiger partial charge in [0.05, 0.1) is 0 Å². The number of ether oxygens (including phenoxy) is 3. The Labute approximate surface area is 442 Å². The summed E-state index contributed by atoms with van der Waals surface area (Å²) in [4.78, 5) is 38.2. The maximum absolute atomic E-state index is 12.9. The molecule has 71 heavy (non-hydrogen) atoms. The first-order chi connectivity index (χ1) is 35.0. The molecule has 0 amide bonds. The van der Waals surface area contributed by atoms with Gasteiger partial charge in [0.2, 0.25) is 0 Å². The van der Waals surface area contributed by atoms with Crippen LogP contribution in [0.2, 0.25) is 0 Å². The van der Waals surface area contributed by atoms with Gasteiger partial charge in [-0.25, -0.2) is 0 Å². The van der Waals surface area contributed by atoms with Crippen molar-refractivity contribution >= 4 is 17.9 Å². The van der Waals surface area contributed by atoms with Crippen molar-refractivity contribution < 1.29 is 28.6 Å². The molecule has 0 N–H and O–H groups in total. The highest BCUT2D eigenvalue weighted by Crippen LogP contribution is 2.17. The molecular formula is C65H120O6. The largest absolute Gasteiger partial charge is 0.462 e. The summed E-state index contributed by atoms with van der Waals surface area (Å²) in [5.41, 5.74) is 0. The maximum atomic E-state index is 12.9. The molecule has 1 unspecified atom stereocenters. The van der Waals surface area contributed by atoms with E-state index in [2.05, 4.69) is 57.2 Å². The number of hydrogen-bond acceptors (Lipinski definition) is 6. The van der Waals surface area contributed by atoms with Gasteiger partial charge < -0.3 is 14.2 Å². The van der Waals surface area contributed by atoms with E-state index in [0.717, 1.165) is 83.5 Å². The normalized spacial score (nSPS) is 12.2. The van der Waals surface area contributed by atoms with Crippen molar-refractivity contribution in [2.24, 2.45) is 0 Å². The fourth-order valence-corrected chi connectivity index (χ4v) is 9.35. The zero-order valence-electron chi connectivity index (χ0n) is 47.8. The summed E-state index contributed by atoms with van der Waals surface area (Å²) < 4.78 is 16.9. The van der Waals surface area contributed by atoms with Crippen LogP contribution in [0.15, 0.2) is 36.5 Å². The summed E-state index contributed by atoms with van der Waals surface area (Å²) in [5, 5.41) is 0. The molecule has 0 aromatic rings. The van der Waals surface area contributed by atoms with Gasteiger partial charge in [-0.15, -0.1) is 0 Å². The van der Waals surface area contributed by atoms with Crippen LogP contribution in [-0.2, 0) is 28.6 Å². The molecule has 0 aromatic heterocycles. The van der Waals surface area contributed by atoms with Crippen LogP contribution < -0.4 is 0 Å². The van der Waals surface area contributed by atoms with E-state index in [9.17, 15) is 14.4 Å². The van der Waals surface area contributed by atoms with Crippen LogP contribution in [0.25, 0.3) is 0 Å². The van der Waals surface area contributed by atoms with Crippen molar-refractivity contribution in [2.45, 2.75) is 348 Å². The second-order valence-corrected chi connectivity index (χ2v) is 21.3. The van der Waals surface area contributed by atoms with E-state index in [1.54, 1.807) is 0 Å². The van der Waals surface area contributed by atoms with Crippen molar-refractivity contribution in [3.05, 3.63) is 36.5 Å². The molecule has 0 radical (unpaired) electrons. The highest BCUT2D eigenvalue weighted by molar-refractivity contribution is 5.71. The third-order valence-electron chi connectivity index (χ3n) is 14.1. The van der Waals surface area contributed by atoms with Gasteiger partial charge in [0, 0.05) is 19.3 Å². The molecule has 0 aromatic carbocycles. The van der Waals surface area contributed by atoms with Crippen molar-refractivity contribution in [2.75, 3.05) is 13.2 Å². The van der Waals surface area contributed by atoms with E-state index in [1.807, 2.05) is 0 Å². The Morgan fingerprint density at radius 1 is 0.282 bits per heavy atom. The molecule has 1 atom stereocenters. The lowest BCUT2D eigenvalue weighted by Crippen LogP contribution is -2.30. The maximum Gasteiger partial charge on any atom is 0.306 e. The lowest BCUT2D eigenvalue weighted by molar-refractivity contribution is -0.167. The fourth-order valence-electron chi connectivity index (χ4n) is 9.35. The molecule has 0 bridgehead atoms. The molecule has 0 aliphatic carbocycles. The van der Waals surface area contributed by atoms with Crippen LogP contribution in [0.1, 0.15) is 342 Å². The lowest BCUT2D eigenvalue weighted by atomic mass is 10.0. The van der Waals surface area contributed by atoms with Gasteiger partial charge in [-0.2, -0.15) is 0 Å². The van der Waals surface area contributed by atoms with Crippen LogP contribution in [0.4, 0.5) is 0 Å². The van der Waals surface area contributed by atoms with Crippen LogP contribution in [0.5, 0.6) is 0 Å². The predicted octanol–water partition coefficient (Wildman–Crippen LogP) is 21.2. The third kappa shape index (κ3) is 58.4. The van der Waals surface area contributed by atoms with Gasteiger partial charge in [0.25, 0.3) is 0 Å². The number of esters is 3. The van der Waals surface area contributed by atoms with E-state index in [-0.39, 0.29) is 31.1 Å². The number of carbonyl (C=O) groups is 3. The summed E-state index contributed by atoms with van der Waals surface area (Å²) in [7, 11) is 0. The van der Waals surface area contributed by atoms with Gasteiger partial charge in [-0.3, -0.25) is 14.4 Å². The summed E-state index contributed by atoms with van der Waals surface area (Å²) in [5.74, 6) is -0.867. The molecule has 0 saturated carbocycles. The zero-order valence-corrected chi connectivity index (χ0v) is 47.8. The Bertz CT molecular complexity index is 1190. The number of rotatable bonds is 58. The van der Waals surface area contributed by atoms with Crippen LogP contribution >= 0.6 is 0 Å². The molecule has 6 heteroatoms. The molecule has 0 spiro atoms. The minimum Gasteiger partial charge on any atom is -0.462 e. The standard InChI is InChI=1S/C65H120O6/c1-4-7-10-13-16-19-22-25-28-30-31-32-33-34-35-36-38-40-43-46-49-52-55-58-64(67)70-61-62(60-69-63(66)57-54-51-48-45-42-39-27-24-21-18-15-12-9-6-3)71-65(68)59-56-53-50-47-44-41-37-29-26-23-20-17-14-11-8-5-2/h20,23,29-31,37,62H,4-19,21-22,24-28,32-36,38-61H2,1-3H3/b23-20-,31-30-,37-29-. The molecular weight excluding hydrogens is 877 g/mol. The zero-order chi connectivity index (χ0) is 51.4. The monoisotopic (exact) mass is 997 g/mol.